The maximum absolute atomic E-state index is 13.9. The van der Waals surface area contributed by atoms with Crippen LogP contribution in [-0.2, 0) is 6.54 Å². The number of halogens is 2. The average Bonchev–Trinajstić information content (AvgIpc) is 3.12. The lowest BCUT2D eigenvalue weighted by Gasteiger charge is -2.07. The van der Waals surface area contributed by atoms with E-state index in [0.717, 1.165) is 21.4 Å². The van der Waals surface area contributed by atoms with Gasteiger partial charge in [-0.25, -0.2) is 13.6 Å². The molecule has 0 bridgehead atoms. The maximum atomic E-state index is 13.9. The van der Waals surface area contributed by atoms with Crippen LogP contribution in [0.15, 0.2) is 77.9 Å². The van der Waals surface area contributed by atoms with Crippen LogP contribution in [0.3, 0.4) is 0 Å². The highest BCUT2D eigenvalue weighted by Gasteiger charge is 2.13. The van der Waals surface area contributed by atoms with E-state index >= 15 is 0 Å². The quantitative estimate of drug-likeness (QED) is 0.504. The van der Waals surface area contributed by atoms with E-state index in [0.29, 0.717) is 22.7 Å². The molecule has 0 N–H and O–H groups in total. The standard InChI is InChI=1S/C22H14F2N4O2/c23-20-2-1-3-21(24)19(20)13-27-14-26-28(22(27)29)16-6-10-18(11-7-16)30-17-8-4-15(12-25)5-9-17/h1-11,14H,13H2. The van der Waals surface area contributed by atoms with Crippen molar-refractivity contribution >= 4 is 0 Å². The van der Waals surface area contributed by atoms with E-state index in [2.05, 4.69) is 5.10 Å². The lowest BCUT2D eigenvalue weighted by molar-refractivity contribution is 0.482. The first-order valence-electron chi connectivity index (χ1n) is 8.91. The van der Waals surface area contributed by atoms with Crippen LogP contribution in [0.2, 0.25) is 0 Å². The second-order valence-corrected chi connectivity index (χ2v) is 6.39. The minimum Gasteiger partial charge on any atom is -0.457 e. The fourth-order valence-electron chi connectivity index (χ4n) is 2.86. The van der Waals surface area contributed by atoms with E-state index in [-0.39, 0.29) is 12.1 Å². The van der Waals surface area contributed by atoms with Crippen molar-refractivity contribution in [3.05, 3.63) is 106 Å². The van der Waals surface area contributed by atoms with Gasteiger partial charge in [0.1, 0.15) is 29.5 Å². The molecule has 0 saturated carbocycles. The van der Waals surface area contributed by atoms with Gasteiger partial charge in [0.05, 0.1) is 23.9 Å². The van der Waals surface area contributed by atoms with Gasteiger partial charge in [-0.15, -0.1) is 0 Å². The second-order valence-electron chi connectivity index (χ2n) is 6.39. The van der Waals surface area contributed by atoms with E-state index in [1.54, 1.807) is 48.5 Å². The number of ether oxygens (including phenoxy) is 1. The van der Waals surface area contributed by atoms with Crippen LogP contribution in [0.25, 0.3) is 5.69 Å². The third-order valence-corrected chi connectivity index (χ3v) is 4.42. The topological polar surface area (TPSA) is 72.8 Å². The molecule has 0 atom stereocenters. The zero-order chi connectivity index (χ0) is 21.1. The van der Waals surface area contributed by atoms with Crippen LogP contribution in [0.1, 0.15) is 11.1 Å². The van der Waals surface area contributed by atoms with Crippen LogP contribution in [0.4, 0.5) is 8.78 Å². The summed E-state index contributed by atoms with van der Waals surface area (Å²) in [4.78, 5) is 12.6. The van der Waals surface area contributed by atoms with E-state index in [1.165, 1.54) is 12.4 Å². The third-order valence-electron chi connectivity index (χ3n) is 4.42. The fourth-order valence-corrected chi connectivity index (χ4v) is 2.86. The number of benzene rings is 3. The summed E-state index contributed by atoms with van der Waals surface area (Å²) in [6.07, 6.45) is 1.23. The van der Waals surface area contributed by atoms with Gasteiger partial charge >= 0.3 is 5.69 Å². The lowest BCUT2D eigenvalue weighted by atomic mass is 10.2. The van der Waals surface area contributed by atoms with Crippen LogP contribution in [-0.4, -0.2) is 14.3 Å². The molecule has 0 amide bonds. The predicted molar refractivity (Wildman–Crippen MR) is 105 cm³/mol. The van der Waals surface area contributed by atoms with Gasteiger partial charge in [-0.1, -0.05) is 6.07 Å². The Balaban J connectivity index is 1.53. The Kier molecular flexibility index (Phi) is 5.09. The zero-order valence-electron chi connectivity index (χ0n) is 15.5. The molecule has 0 saturated heterocycles. The average molecular weight is 404 g/mol. The van der Waals surface area contributed by atoms with Crippen LogP contribution in [0, 0.1) is 23.0 Å². The van der Waals surface area contributed by atoms with Crippen LogP contribution >= 0.6 is 0 Å². The number of hydrogen-bond donors (Lipinski definition) is 0. The molecule has 8 heteroatoms. The molecule has 0 aliphatic rings. The minimum atomic E-state index is -0.723. The number of hydrogen-bond acceptors (Lipinski definition) is 4. The molecule has 1 aromatic heterocycles. The number of rotatable bonds is 5. The Bertz CT molecular complexity index is 1270. The molecule has 1 heterocycles. The third kappa shape index (κ3) is 3.82. The van der Waals surface area contributed by atoms with Gasteiger partial charge in [-0.3, -0.25) is 4.57 Å². The fraction of sp³-hybridized carbons (Fsp3) is 0.0455. The van der Waals surface area contributed by atoms with Crippen molar-refractivity contribution in [3.63, 3.8) is 0 Å². The zero-order valence-corrected chi connectivity index (χ0v) is 15.5. The molecule has 0 aliphatic carbocycles. The molecule has 148 valence electrons. The van der Waals surface area contributed by atoms with Crippen molar-refractivity contribution in [2.45, 2.75) is 6.54 Å². The Hall–Kier alpha value is -4.25. The molecule has 0 spiro atoms. The van der Waals surface area contributed by atoms with Crippen molar-refractivity contribution in [1.29, 1.82) is 5.26 Å². The normalized spacial score (nSPS) is 10.6. The Morgan fingerprint density at radius 3 is 2.13 bits per heavy atom. The summed E-state index contributed by atoms with van der Waals surface area (Å²) in [6.45, 7) is -0.267. The van der Waals surface area contributed by atoms with Crippen LogP contribution in [0.5, 0.6) is 11.5 Å². The first-order valence-corrected chi connectivity index (χ1v) is 8.91. The van der Waals surface area contributed by atoms with Gasteiger partial charge in [0.15, 0.2) is 0 Å². The number of aromatic nitrogens is 3. The van der Waals surface area contributed by atoms with E-state index in [1.807, 2.05) is 6.07 Å². The molecule has 0 unspecified atom stereocenters. The van der Waals surface area contributed by atoms with Gasteiger partial charge in [-0.05, 0) is 60.7 Å². The summed E-state index contributed by atoms with van der Waals surface area (Å²) < 4.78 is 35.7. The predicted octanol–water partition coefficient (Wildman–Crippen LogP) is 4.02. The molecule has 4 rings (SSSR count). The van der Waals surface area contributed by atoms with Gasteiger partial charge in [0, 0.05) is 5.56 Å². The van der Waals surface area contributed by atoms with Gasteiger partial charge < -0.3 is 4.74 Å². The van der Waals surface area contributed by atoms with Crippen molar-refractivity contribution in [2.75, 3.05) is 0 Å². The van der Waals surface area contributed by atoms with Crippen LogP contribution < -0.4 is 10.4 Å². The summed E-state index contributed by atoms with van der Waals surface area (Å²) in [5.74, 6) is -0.350. The monoisotopic (exact) mass is 404 g/mol. The van der Waals surface area contributed by atoms with Gasteiger partial charge in [0.2, 0.25) is 0 Å². The van der Waals surface area contributed by atoms with Crippen molar-refractivity contribution in [3.8, 4) is 23.3 Å². The summed E-state index contributed by atoms with van der Waals surface area (Å²) >= 11 is 0. The highest BCUT2D eigenvalue weighted by molar-refractivity contribution is 5.40. The van der Waals surface area contributed by atoms with Gasteiger partial charge in [0.25, 0.3) is 0 Å². The molecule has 30 heavy (non-hydrogen) atoms. The smallest absolute Gasteiger partial charge is 0.350 e. The summed E-state index contributed by atoms with van der Waals surface area (Å²) in [6, 6.07) is 18.8. The van der Waals surface area contributed by atoms with Crippen molar-refractivity contribution < 1.29 is 13.5 Å². The van der Waals surface area contributed by atoms with E-state index in [9.17, 15) is 13.6 Å². The molecule has 0 radical (unpaired) electrons. The minimum absolute atomic E-state index is 0.203. The summed E-state index contributed by atoms with van der Waals surface area (Å²) in [7, 11) is 0. The summed E-state index contributed by atoms with van der Waals surface area (Å²) in [5, 5.41) is 12.9. The molecule has 3 aromatic carbocycles. The molecule has 6 nitrogen and oxygen atoms in total. The largest absolute Gasteiger partial charge is 0.457 e. The molecular weight excluding hydrogens is 390 g/mol. The Morgan fingerprint density at radius 2 is 1.53 bits per heavy atom. The SMILES string of the molecule is N#Cc1ccc(Oc2ccc(-n3ncn(Cc4c(F)cccc4F)c3=O)cc2)cc1. The molecule has 0 fully saturated rings. The highest BCUT2D eigenvalue weighted by Crippen LogP contribution is 2.22. The molecular formula is C22H14F2N4O2. The van der Waals surface area contributed by atoms with Crippen molar-refractivity contribution in [1.82, 2.24) is 14.3 Å². The van der Waals surface area contributed by atoms with Gasteiger partial charge in [-0.2, -0.15) is 15.0 Å². The number of nitrogens with zero attached hydrogens (tertiary/aromatic N) is 4. The summed E-state index contributed by atoms with van der Waals surface area (Å²) in [5.41, 5.74) is 0.270. The lowest BCUT2D eigenvalue weighted by Crippen LogP contribution is -2.24. The molecule has 4 aromatic rings. The van der Waals surface area contributed by atoms with E-state index < -0.39 is 17.3 Å². The first kappa shape index (κ1) is 19.1. The number of nitriles is 1. The highest BCUT2D eigenvalue weighted by atomic mass is 19.1. The van der Waals surface area contributed by atoms with Crippen molar-refractivity contribution in [2.24, 2.45) is 0 Å². The maximum Gasteiger partial charge on any atom is 0.350 e. The first-order chi connectivity index (χ1) is 14.5. The second kappa shape index (κ2) is 8.01. The molecule has 0 aliphatic heterocycles. The Morgan fingerprint density at radius 1 is 0.933 bits per heavy atom. The Labute approximate surface area is 169 Å². The van der Waals surface area contributed by atoms with E-state index in [4.69, 9.17) is 10.00 Å².